The number of rotatable bonds is 4. The van der Waals surface area contributed by atoms with Gasteiger partial charge < -0.3 is 10.4 Å². The van der Waals surface area contributed by atoms with Gasteiger partial charge in [-0.25, -0.2) is 0 Å². The van der Waals surface area contributed by atoms with Gasteiger partial charge in [-0.3, -0.25) is 4.90 Å². The predicted molar refractivity (Wildman–Crippen MR) is 81.8 cm³/mol. The minimum absolute atomic E-state index is 0.353. The topological polar surface area (TPSA) is 35.5 Å². The van der Waals surface area contributed by atoms with Crippen molar-refractivity contribution in [1.82, 2.24) is 10.2 Å². The number of aromatic hydroxyl groups is 1. The number of benzene rings is 1. The lowest BCUT2D eigenvalue weighted by atomic mass is 9.92. The van der Waals surface area contributed by atoms with Gasteiger partial charge in [0.25, 0.3) is 0 Å². The molecule has 4 atom stereocenters. The van der Waals surface area contributed by atoms with Crippen LogP contribution in [0.3, 0.4) is 0 Å². The van der Waals surface area contributed by atoms with Crippen molar-refractivity contribution >= 4 is 0 Å². The van der Waals surface area contributed by atoms with Crippen molar-refractivity contribution in [2.75, 3.05) is 19.6 Å². The van der Waals surface area contributed by atoms with Gasteiger partial charge in [0, 0.05) is 24.2 Å². The number of phenolic OH excluding ortho intramolecular Hbond substituents is 1. The molecular weight excluding hydrogens is 248 g/mol. The molecule has 4 unspecified atom stereocenters. The molecule has 2 aliphatic heterocycles. The highest BCUT2D eigenvalue weighted by Crippen LogP contribution is 2.42. The van der Waals surface area contributed by atoms with E-state index in [0.717, 1.165) is 36.9 Å². The summed E-state index contributed by atoms with van der Waals surface area (Å²) in [5.74, 6) is 2.03. The second kappa shape index (κ2) is 5.74. The molecule has 3 heteroatoms. The summed E-state index contributed by atoms with van der Waals surface area (Å²) >= 11 is 0. The molecule has 0 radical (unpaired) electrons. The summed E-state index contributed by atoms with van der Waals surface area (Å²) in [7, 11) is 0. The van der Waals surface area contributed by atoms with Gasteiger partial charge in [0.1, 0.15) is 5.75 Å². The third kappa shape index (κ3) is 2.23. The number of phenols is 1. The summed E-state index contributed by atoms with van der Waals surface area (Å²) in [6.07, 6.45) is 2.26. The van der Waals surface area contributed by atoms with Gasteiger partial charge in [-0.05, 0) is 43.8 Å². The summed E-state index contributed by atoms with van der Waals surface area (Å²) in [6.45, 7) is 8.03. The molecule has 0 aromatic heterocycles. The molecule has 0 aliphatic carbocycles. The molecule has 0 spiro atoms. The summed E-state index contributed by atoms with van der Waals surface area (Å²) in [4.78, 5) is 2.66. The molecule has 2 N–H and O–H groups in total. The van der Waals surface area contributed by atoms with E-state index in [9.17, 15) is 5.11 Å². The van der Waals surface area contributed by atoms with Gasteiger partial charge in [0.2, 0.25) is 0 Å². The van der Waals surface area contributed by atoms with Crippen LogP contribution in [0.25, 0.3) is 0 Å². The molecule has 20 heavy (non-hydrogen) atoms. The SMILES string of the molecule is CCC(c1ccccc1O)N1CC2CNCC2C1CC. The van der Waals surface area contributed by atoms with Crippen LogP contribution >= 0.6 is 0 Å². The molecule has 1 aromatic carbocycles. The van der Waals surface area contributed by atoms with Crippen LogP contribution in [-0.4, -0.2) is 35.7 Å². The van der Waals surface area contributed by atoms with Crippen molar-refractivity contribution in [3.05, 3.63) is 29.8 Å². The lowest BCUT2D eigenvalue weighted by Gasteiger charge is -2.34. The van der Waals surface area contributed by atoms with E-state index in [1.165, 1.54) is 13.0 Å². The maximum Gasteiger partial charge on any atom is 0.120 e. The molecule has 110 valence electrons. The maximum absolute atomic E-state index is 10.2. The summed E-state index contributed by atoms with van der Waals surface area (Å²) in [5, 5.41) is 13.7. The number of nitrogens with one attached hydrogen (secondary N) is 1. The van der Waals surface area contributed by atoms with Crippen molar-refractivity contribution in [3.8, 4) is 5.75 Å². The molecule has 2 saturated heterocycles. The first-order valence-corrected chi connectivity index (χ1v) is 8.00. The summed E-state index contributed by atoms with van der Waals surface area (Å²) in [5.41, 5.74) is 1.10. The average molecular weight is 274 g/mol. The van der Waals surface area contributed by atoms with Gasteiger partial charge in [-0.1, -0.05) is 32.0 Å². The molecule has 2 heterocycles. The Bertz CT molecular complexity index is 462. The summed E-state index contributed by atoms with van der Waals surface area (Å²) in [6, 6.07) is 8.86. The average Bonchev–Trinajstić information content (AvgIpc) is 3.02. The van der Waals surface area contributed by atoms with Crippen molar-refractivity contribution in [3.63, 3.8) is 0 Å². The molecule has 2 aliphatic rings. The van der Waals surface area contributed by atoms with Crippen LogP contribution in [0.5, 0.6) is 5.75 Å². The van der Waals surface area contributed by atoms with Crippen LogP contribution in [0, 0.1) is 11.8 Å². The Kier molecular flexibility index (Phi) is 3.99. The monoisotopic (exact) mass is 274 g/mol. The van der Waals surface area contributed by atoms with Gasteiger partial charge in [-0.2, -0.15) is 0 Å². The standard InChI is InChI=1S/C17H26N2O/c1-3-15(13-7-5-6-8-17(13)20)19-11-12-9-18-10-14(12)16(19)4-2/h5-8,12,14-16,18,20H,3-4,9-11H2,1-2H3. The first-order chi connectivity index (χ1) is 9.76. The fourth-order valence-electron chi connectivity index (χ4n) is 4.35. The zero-order valence-corrected chi connectivity index (χ0v) is 12.5. The Balaban J connectivity index is 1.88. The van der Waals surface area contributed by atoms with E-state index in [1.807, 2.05) is 18.2 Å². The molecule has 2 fully saturated rings. The number of likely N-dealkylation sites (tertiary alicyclic amines) is 1. The van der Waals surface area contributed by atoms with Crippen LogP contribution < -0.4 is 5.32 Å². The van der Waals surface area contributed by atoms with Gasteiger partial charge >= 0.3 is 0 Å². The number of nitrogens with zero attached hydrogens (tertiary/aromatic N) is 1. The Labute approximate surface area is 122 Å². The lowest BCUT2D eigenvalue weighted by molar-refractivity contribution is 0.148. The fraction of sp³-hybridized carbons (Fsp3) is 0.647. The van der Waals surface area contributed by atoms with Crippen molar-refractivity contribution < 1.29 is 5.11 Å². The molecule has 3 rings (SSSR count). The van der Waals surface area contributed by atoms with Crippen LogP contribution in [0.15, 0.2) is 24.3 Å². The Morgan fingerprint density at radius 3 is 2.80 bits per heavy atom. The van der Waals surface area contributed by atoms with Gasteiger partial charge in [0.05, 0.1) is 0 Å². The minimum Gasteiger partial charge on any atom is -0.508 e. The highest BCUT2D eigenvalue weighted by Gasteiger charge is 2.45. The predicted octanol–water partition coefficient (Wildman–Crippen LogP) is 2.77. The van der Waals surface area contributed by atoms with Crippen LogP contribution in [0.1, 0.15) is 38.3 Å². The Morgan fingerprint density at radius 1 is 1.30 bits per heavy atom. The van der Waals surface area contributed by atoms with Crippen LogP contribution in [0.4, 0.5) is 0 Å². The first kappa shape index (κ1) is 13.9. The Morgan fingerprint density at radius 2 is 2.10 bits per heavy atom. The highest BCUT2D eigenvalue weighted by molar-refractivity contribution is 5.35. The van der Waals surface area contributed by atoms with Crippen molar-refractivity contribution in [2.24, 2.45) is 11.8 Å². The number of para-hydroxylation sites is 1. The van der Waals surface area contributed by atoms with E-state index in [2.05, 4.69) is 30.1 Å². The van der Waals surface area contributed by atoms with Gasteiger partial charge in [-0.15, -0.1) is 0 Å². The third-order valence-corrected chi connectivity index (χ3v) is 5.26. The smallest absolute Gasteiger partial charge is 0.120 e. The van der Waals surface area contributed by atoms with Crippen molar-refractivity contribution in [1.29, 1.82) is 0 Å². The van der Waals surface area contributed by atoms with Crippen LogP contribution in [0.2, 0.25) is 0 Å². The zero-order chi connectivity index (χ0) is 14.1. The molecular formula is C17H26N2O. The lowest BCUT2D eigenvalue weighted by Crippen LogP contribution is -2.37. The van der Waals surface area contributed by atoms with Crippen molar-refractivity contribution in [2.45, 2.75) is 38.8 Å². The fourth-order valence-corrected chi connectivity index (χ4v) is 4.35. The van der Waals surface area contributed by atoms with E-state index < -0.39 is 0 Å². The third-order valence-electron chi connectivity index (χ3n) is 5.26. The molecule has 3 nitrogen and oxygen atoms in total. The van der Waals surface area contributed by atoms with E-state index >= 15 is 0 Å². The molecule has 0 amide bonds. The van der Waals surface area contributed by atoms with E-state index in [0.29, 0.717) is 17.8 Å². The van der Waals surface area contributed by atoms with E-state index in [4.69, 9.17) is 0 Å². The second-order valence-electron chi connectivity index (χ2n) is 6.24. The largest absolute Gasteiger partial charge is 0.508 e. The van der Waals surface area contributed by atoms with Crippen LogP contribution in [-0.2, 0) is 0 Å². The summed E-state index contributed by atoms with van der Waals surface area (Å²) < 4.78 is 0. The first-order valence-electron chi connectivity index (χ1n) is 8.00. The highest BCUT2D eigenvalue weighted by atomic mass is 16.3. The van der Waals surface area contributed by atoms with Gasteiger partial charge in [0.15, 0.2) is 0 Å². The van der Waals surface area contributed by atoms with E-state index in [1.54, 1.807) is 0 Å². The normalized spacial score (nSPS) is 31.4. The number of hydrogen-bond donors (Lipinski definition) is 2. The molecule has 0 saturated carbocycles. The van der Waals surface area contributed by atoms with E-state index in [-0.39, 0.29) is 0 Å². The second-order valence-corrected chi connectivity index (χ2v) is 6.24. The molecule has 0 bridgehead atoms. The number of fused-ring (bicyclic) bond motifs is 1. The quantitative estimate of drug-likeness (QED) is 0.886. The Hall–Kier alpha value is -1.06. The number of hydrogen-bond acceptors (Lipinski definition) is 3. The minimum atomic E-state index is 0.353. The zero-order valence-electron chi connectivity index (χ0n) is 12.5. The molecule has 1 aromatic rings. The maximum atomic E-state index is 10.2.